The number of carbonyl (C=O) groups excluding carboxylic acids is 2. The van der Waals surface area contributed by atoms with Gasteiger partial charge in [-0.15, -0.1) is 0 Å². The maximum Gasteiger partial charge on any atom is 0.223 e. The molecule has 2 aliphatic rings. The van der Waals surface area contributed by atoms with Crippen molar-refractivity contribution >= 4 is 11.8 Å². The van der Waals surface area contributed by atoms with Gasteiger partial charge >= 0.3 is 0 Å². The molecular formula is C16H28N2O3. The highest BCUT2D eigenvalue weighted by Crippen LogP contribution is 2.27. The summed E-state index contributed by atoms with van der Waals surface area (Å²) in [6.45, 7) is 1.98. The lowest BCUT2D eigenvalue weighted by molar-refractivity contribution is -0.127. The second-order valence-electron chi connectivity index (χ2n) is 6.63. The Hall–Kier alpha value is -1.10. The van der Waals surface area contributed by atoms with Gasteiger partial charge < -0.3 is 15.7 Å². The first-order valence-electron chi connectivity index (χ1n) is 8.32. The molecule has 2 saturated carbocycles. The number of rotatable bonds is 5. The predicted molar refractivity (Wildman–Crippen MR) is 80.5 cm³/mol. The predicted octanol–water partition coefficient (Wildman–Crippen LogP) is 1.35. The van der Waals surface area contributed by atoms with Crippen molar-refractivity contribution in [2.45, 2.75) is 70.4 Å². The van der Waals surface area contributed by atoms with E-state index in [-0.39, 0.29) is 29.7 Å². The summed E-state index contributed by atoms with van der Waals surface area (Å²) in [6.07, 6.45) is 7.31. The summed E-state index contributed by atoms with van der Waals surface area (Å²) in [5, 5.41) is 15.1. The van der Waals surface area contributed by atoms with Crippen LogP contribution in [0.1, 0.15) is 58.3 Å². The summed E-state index contributed by atoms with van der Waals surface area (Å²) in [5.74, 6) is 0.506. The Labute approximate surface area is 126 Å². The van der Waals surface area contributed by atoms with Gasteiger partial charge in [-0.3, -0.25) is 9.59 Å². The monoisotopic (exact) mass is 296 g/mol. The van der Waals surface area contributed by atoms with Crippen molar-refractivity contribution in [3.63, 3.8) is 0 Å². The van der Waals surface area contributed by atoms with Crippen molar-refractivity contribution in [2.75, 3.05) is 6.54 Å². The zero-order chi connectivity index (χ0) is 15.2. The van der Waals surface area contributed by atoms with Gasteiger partial charge in [0.05, 0.1) is 6.10 Å². The number of aliphatic hydroxyl groups is 1. The molecule has 2 rings (SSSR count). The van der Waals surface area contributed by atoms with Crippen LogP contribution in [-0.4, -0.2) is 35.6 Å². The Morgan fingerprint density at radius 2 is 1.57 bits per heavy atom. The molecule has 1 atom stereocenters. The van der Waals surface area contributed by atoms with Crippen LogP contribution in [0.15, 0.2) is 0 Å². The average Bonchev–Trinajstić information content (AvgIpc) is 3.00. The van der Waals surface area contributed by atoms with E-state index in [0.29, 0.717) is 6.54 Å². The molecule has 0 heterocycles. The Morgan fingerprint density at radius 1 is 1.00 bits per heavy atom. The van der Waals surface area contributed by atoms with E-state index in [0.717, 1.165) is 38.5 Å². The molecule has 0 bridgehead atoms. The standard InChI is InChI=1S/C16H28N2O3/c1-11(19)10-17-15(20)13-6-8-14(9-7-13)18-16(21)12-4-2-3-5-12/h11-14,19H,2-10H2,1H3,(H,17,20)(H,18,21). The third kappa shape index (κ3) is 4.99. The Morgan fingerprint density at radius 3 is 2.14 bits per heavy atom. The van der Waals surface area contributed by atoms with Gasteiger partial charge in [-0.05, 0) is 45.4 Å². The summed E-state index contributed by atoms with van der Waals surface area (Å²) in [5.41, 5.74) is 0. The lowest BCUT2D eigenvalue weighted by atomic mass is 9.85. The van der Waals surface area contributed by atoms with Crippen LogP contribution in [0.4, 0.5) is 0 Å². The van der Waals surface area contributed by atoms with Crippen molar-refractivity contribution in [3.8, 4) is 0 Å². The van der Waals surface area contributed by atoms with Crippen molar-refractivity contribution < 1.29 is 14.7 Å². The molecule has 0 aromatic heterocycles. The summed E-state index contributed by atoms with van der Waals surface area (Å²) >= 11 is 0. The van der Waals surface area contributed by atoms with Gasteiger partial charge in [-0.1, -0.05) is 12.8 Å². The van der Waals surface area contributed by atoms with Crippen molar-refractivity contribution in [1.82, 2.24) is 10.6 Å². The zero-order valence-corrected chi connectivity index (χ0v) is 12.9. The Balaban J connectivity index is 1.67. The van der Waals surface area contributed by atoms with Gasteiger partial charge in [0.15, 0.2) is 0 Å². The van der Waals surface area contributed by atoms with Gasteiger partial charge in [-0.2, -0.15) is 0 Å². The van der Waals surface area contributed by atoms with E-state index in [1.807, 2.05) is 0 Å². The molecule has 0 radical (unpaired) electrons. The lowest BCUT2D eigenvalue weighted by Gasteiger charge is -2.29. The van der Waals surface area contributed by atoms with Crippen LogP contribution in [0.2, 0.25) is 0 Å². The SMILES string of the molecule is CC(O)CNC(=O)C1CCC(NC(=O)C2CCCC2)CC1. The van der Waals surface area contributed by atoms with Crippen LogP contribution in [0.25, 0.3) is 0 Å². The van der Waals surface area contributed by atoms with Crippen molar-refractivity contribution in [2.24, 2.45) is 11.8 Å². The largest absolute Gasteiger partial charge is 0.392 e. The van der Waals surface area contributed by atoms with E-state index in [1.165, 1.54) is 12.8 Å². The van der Waals surface area contributed by atoms with Crippen molar-refractivity contribution in [3.05, 3.63) is 0 Å². The number of hydrogen-bond acceptors (Lipinski definition) is 3. The molecule has 0 saturated heterocycles. The average molecular weight is 296 g/mol. The fraction of sp³-hybridized carbons (Fsp3) is 0.875. The van der Waals surface area contributed by atoms with Gasteiger partial charge in [-0.25, -0.2) is 0 Å². The molecule has 0 aromatic carbocycles. The minimum absolute atomic E-state index is 0.0309. The summed E-state index contributed by atoms with van der Waals surface area (Å²) in [4.78, 5) is 24.0. The Bertz CT molecular complexity index is 357. The molecule has 5 heteroatoms. The van der Waals surface area contributed by atoms with E-state index in [2.05, 4.69) is 10.6 Å². The van der Waals surface area contributed by atoms with E-state index in [1.54, 1.807) is 6.92 Å². The highest BCUT2D eigenvalue weighted by Gasteiger charge is 2.29. The molecule has 0 aliphatic heterocycles. The van der Waals surface area contributed by atoms with E-state index >= 15 is 0 Å². The Kier molecular flexibility index (Phi) is 6.03. The molecule has 120 valence electrons. The van der Waals surface area contributed by atoms with Gasteiger partial charge in [0.25, 0.3) is 0 Å². The molecule has 2 aliphatic carbocycles. The number of hydrogen-bond donors (Lipinski definition) is 3. The lowest BCUT2D eigenvalue weighted by Crippen LogP contribution is -2.43. The highest BCUT2D eigenvalue weighted by atomic mass is 16.3. The number of aliphatic hydroxyl groups excluding tert-OH is 1. The number of nitrogens with one attached hydrogen (secondary N) is 2. The molecule has 0 spiro atoms. The minimum Gasteiger partial charge on any atom is -0.392 e. The normalized spacial score (nSPS) is 28.1. The molecule has 0 aromatic rings. The van der Waals surface area contributed by atoms with E-state index in [4.69, 9.17) is 0 Å². The summed E-state index contributed by atoms with van der Waals surface area (Å²) < 4.78 is 0. The van der Waals surface area contributed by atoms with E-state index < -0.39 is 6.10 Å². The van der Waals surface area contributed by atoms with Crippen LogP contribution < -0.4 is 10.6 Å². The third-order valence-electron chi connectivity index (χ3n) is 4.74. The van der Waals surface area contributed by atoms with Crippen LogP contribution >= 0.6 is 0 Å². The molecule has 1 unspecified atom stereocenters. The minimum atomic E-state index is -0.504. The first kappa shape index (κ1) is 16.3. The van der Waals surface area contributed by atoms with Crippen LogP contribution in [0, 0.1) is 11.8 Å². The third-order valence-corrected chi connectivity index (χ3v) is 4.74. The molecule has 2 fully saturated rings. The van der Waals surface area contributed by atoms with Crippen LogP contribution in [0.5, 0.6) is 0 Å². The van der Waals surface area contributed by atoms with Crippen LogP contribution in [0.3, 0.4) is 0 Å². The van der Waals surface area contributed by atoms with Crippen molar-refractivity contribution in [1.29, 1.82) is 0 Å². The summed E-state index contributed by atoms with van der Waals surface area (Å²) in [6, 6.07) is 0.235. The quantitative estimate of drug-likeness (QED) is 0.716. The second kappa shape index (κ2) is 7.78. The maximum absolute atomic E-state index is 12.1. The first-order valence-corrected chi connectivity index (χ1v) is 8.32. The topological polar surface area (TPSA) is 78.4 Å². The maximum atomic E-state index is 12.1. The van der Waals surface area contributed by atoms with Gasteiger partial charge in [0.1, 0.15) is 0 Å². The highest BCUT2D eigenvalue weighted by molar-refractivity contribution is 5.80. The fourth-order valence-corrected chi connectivity index (χ4v) is 3.40. The number of carbonyl (C=O) groups is 2. The zero-order valence-electron chi connectivity index (χ0n) is 12.9. The molecule has 21 heavy (non-hydrogen) atoms. The van der Waals surface area contributed by atoms with Gasteiger partial charge in [0, 0.05) is 24.4 Å². The molecular weight excluding hydrogens is 268 g/mol. The van der Waals surface area contributed by atoms with E-state index in [9.17, 15) is 14.7 Å². The second-order valence-corrected chi connectivity index (χ2v) is 6.63. The smallest absolute Gasteiger partial charge is 0.223 e. The fourth-order valence-electron chi connectivity index (χ4n) is 3.40. The summed E-state index contributed by atoms with van der Waals surface area (Å²) in [7, 11) is 0. The van der Waals surface area contributed by atoms with Crippen LogP contribution in [-0.2, 0) is 9.59 Å². The molecule has 5 nitrogen and oxygen atoms in total. The first-order chi connectivity index (χ1) is 10.1. The molecule has 3 N–H and O–H groups in total. The molecule has 2 amide bonds. The number of amides is 2. The van der Waals surface area contributed by atoms with Gasteiger partial charge in [0.2, 0.25) is 11.8 Å².